The van der Waals surface area contributed by atoms with Gasteiger partial charge in [0.05, 0.1) is 22.6 Å². The number of amides is 1. The molecule has 0 aromatic carbocycles. The minimum atomic E-state index is -0.0208. The average molecular weight is 291 g/mol. The highest BCUT2D eigenvalue weighted by atomic mass is 32.1. The fraction of sp³-hybridized carbons (Fsp3) is 0.429. The molecule has 1 aliphatic rings. The SMILES string of the molecule is C[C@@H]1CN(C(=O)c2sc3cccnc3c2N)C[C@H](C)O1. The second-order valence-corrected chi connectivity index (χ2v) is 6.21. The van der Waals surface area contributed by atoms with Gasteiger partial charge in [0, 0.05) is 19.3 Å². The summed E-state index contributed by atoms with van der Waals surface area (Å²) in [5.74, 6) is -0.0208. The number of nitrogens with zero attached hydrogens (tertiary/aromatic N) is 2. The maximum Gasteiger partial charge on any atom is 0.266 e. The van der Waals surface area contributed by atoms with Crippen LogP contribution in [0, 0.1) is 0 Å². The van der Waals surface area contributed by atoms with Gasteiger partial charge in [-0.15, -0.1) is 11.3 Å². The number of aromatic nitrogens is 1. The van der Waals surface area contributed by atoms with Gasteiger partial charge in [0.15, 0.2) is 0 Å². The molecule has 0 saturated carbocycles. The van der Waals surface area contributed by atoms with Crippen molar-refractivity contribution in [3.05, 3.63) is 23.2 Å². The van der Waals surface area contributed by atoms with E-state index in [1.807, 2.05) is 30.9 Å². The van der Waals surface area contributed by atoms with Gasteiger partial charge in [-0.3, -0.25) is 9.78 Å². The van der Waals surface area contributed by atoms with Crippen LogP contribution >= 0.6 is 11.3 Å². The molecule has 2 atom stereocenters. The quantitative estimate of drug-likeness (QED) is 0.874. The number of ether oxygens (including phenoxy) is 1. The minimum absolute atomic E-state index is 0.0208. The Morgan fingerprint density at radius 3 is 2.80 bits per heavy atom. The Hall–Kier alpha value is -1.66. The Morgan fingerprint density at radius 2 is 2.15 bits per heavy atom. The van der Waals surface area contributed by atoms with Crippen molar-refractivity contribution in [3.8, 4) is 0 Å². The van der Waals surface area contributed by atoms with E-state index < -0.39 is 0 Å². The molecule has 0 aliphatic carbocycles. The van der Waals surface area contributed by atoms with Crippen LogP contribution in [-0.4, -0.2) is 41.1 Å². The van der Waals surface area contributed by atoms with Crippen LogP contribution in [0.2, 0.25) is 0 Å². The molecule has 2 N–H and O–H groups in total. The number of fused-ring (bicyclic) bond motifs is 1. The van der Waals surface area contributed by atoms with E-state index in [2.05, 4.69) is 4.98 Å². The lowest BCUT2D eigenvalue weighted by atomic mass is 10.2. The van der Waals surface area contributed by atoms with Crippen molar-refractivity contribution in [2.45, 2.75) is 26.1 Å². The largest absolute Gasteiger partial charge is 0.396 e. The first-order valence-electron chi connectivity index (χ1n) is 6.64. The number of nitrogens with two attached hydrogens (primary N) is 1. The number of hydrogen-bond donors (Lipinski definition) is 1. The average Bonchev–Trinajstić information content (AvgIpc) is 2.75. The summed E-state index contributed by atoms with van der Waals surface area (Å²) < 4.78 is 6.60. The number of morpholine rings is 1. The van der Waals surface area contributed by atoms with Gasteiger partial charge in [-0.05, 0) is 26.0 Å². The van der Waals surface area contributed by atoms with E-state index in [-0.39, 0.29) is 18.1 Å². The Kier molecular flexibility index (Phi) is 3.35. The smallest absolute Gasteiger partial charge is 0.266 e. The van der Waals surface area contributed by atoms with Crippen LogP contribution in [0.4, 0.5) is 5.69 Å². The third-order valence-corrected chi connectivity index (χ3v) is 4.53. The van der Waals surface area contributed by atoms with Gasteiger partial charge >= 0.3 is 0 Å². The van der Waals surface area contributed by atoms with Crippen molar-refractivity contribution in [3.63, 3.8) is 0 Å². The van der Waals surface area contributed by atoms with Gasteiger partial charge in [0.1, 0.15) is 10.4 Å². The second kappa shape index (κ2) is 5.03. The lowest BCUT2D eigenvalue weighted by Gasteiger charge is -2.35. The highest BCUT2D eigenvalue weighted by Crippen LogP contribution is 2.33. The van der Waals surface area contributed by atoms with Crippen molar-refractivity contribution < 1.29 is 9.53 Å². The molecule has 5 nitrogen and oxygen atoms in total. The Morgan fingerprint density at radius 1 is 1.45 bits per heavy atom. The monoisotopic (exact) mass is 291 g/mol. The van der Waals surface area contributed by atoms with Gasteiger partial charge < -0.3 is 15.4 Å². The van der Waals surface area contributed by atoms with Gasteiger partial charge in [0.2, 0.25) is 0 Å². The highest BCUT2D eigenvalue weighted by Gasteiger charge is 2.29. The lowest BCUT2D eigenvalue weighted by Crippen LogP contribution is -2.48. The minimum Gasteiger partial charge on any atom is -0.396 e. The van der Waals surface area contributed by atoms with Crippen molar-refractivity contribution in [2.24, 2.45) is 0 Å². The molecule has 1 saturated heterocycles. The number of nitrogen functional groups attached to an aromatic ring is 1. The van der Waals surface area contributed by atoms with Crippen LogP contribution in [0.15, 0.2) is 18.3 Å². The molecule has 3 heterocycles. The van der Waals surface area contributed by atoms with E-state index in [9.17, 15) is 4.79 Å². The number of carbonyl (C=O) groups is 1. The predicted octanol–water partition coefficient (Wildman–Crippen LogP) is 2.13. The number of anilines is 1. The fourth-order valence-corrected chi connectivity index (χ4v) is 3.64. The topological polar surface area (TPSA) is 68.5 Å². The normalized spacial score (nSPS) is 23.2. The number of rotatable bonds is 1. The first-order chi connectivity index (χ1) is 9.56. The van der Waals surface area contributed by atoms with Crippen LogP contribution in [-0.2, 0) is 4.74 Å². The standard InChI is InChI=1S/C14H17N3O2S/c1-8-6-17(7-9(2)19-8)14(18)13-11(15)12-10(20-13)4-3-5-16-12/h3-5,8-9H,6-7,15H2,1-2H3/t8-,9+. The molecular formula is C14H17N3O2S. The Balaban J connectivity index is 1.94. The number of pyridine rings is 1. The van der Waals surface area contributed by atoms with E-state index in [0.29, 0.717) is 23.7 Å². The van der Waals surface area contributed by atoms with Crippen molar-refractivity contribution in [1.29, 1.82) is 0 Å². The number of carbonyl (C=O) groups excluding carboxylic acids is 1. The van der Waals surface area contributed by atoms with E-state index in [4.69, 9.17) is 10.5 Å². The second-order valence-electron chi connectivity index (χ2n) is 5.16. The number of thiophene rings is 1. The Labute approximate surface area is 121 Å². The van der Waals surface area contributed by atoms with Crippen LogP contribution in [0.25, 0.3) is 10.2 Å². The third-order valence-electron chi connectivity index (χ3n) is 3.38. The van der Waals surface area contributed by atoms with E-state index in [1.54, 1.807) is 6.20 Å². The molecule has 1 amide bonds. The summed E-state index contributed by atoms with van der Waals surface area (Å²) in [6.07, 6.45) is 1.80. The molecule has 2 aromatic rings. The van der Waals surface area contributed by atoms with Crippen LogP contribution in [0.3, 0.4) is 0 Å². The zero-order valence-electron chi connectivity index (χ0n) is 11.5. The molecule has 3 rings (SSSR count). The van der Waals surface area contributed by atoms with E-state index in [1.165, 1.54) is 11.3 Å². The molecule has 6 heteroatoms. The molecular weight excluding hydrogens is 274 g/mol. The molecule has 20 heavy (non-hydrogen) atoms. The van der Waals surface area contributed by atoms with E-state index in [0.717, 1.165) is 10.2 Å². The van der Waals surface area contributed by atoms with Crippen LogP contribution in [0.1, 0.15) is 23.5 Å². The molecule has 106 valence electrons. The van der Waals surface area contributed by atoms with Gasteiger partial charge in [-0.1, -0.05) is 0 Å². The zero-order chi connectivity index (χ0) is 14.3. The highest BCUT2D eigenvalue weighted by molar-refractivity contribution is 7.21. The third kappa shape index (κ3) is 2.25. The molecule has 0 radical (unpaired) electrons. The van der Waals surface area contributed by atoms with Gasteiger partial charge in [-0.2, -0.15) is 0 Å². The summed E-state index contributed by atoms with van der Waals surface area (Å²) in [6, 6.07) is 3.79. The molecule has 1 aliphatic heterocycles. The first kappa shape index (κ1) is 13.3. The Bertz CT molecular complexity index is 645. The summed E-state index contributed by atoms with van der Waals surface area (Å²) in [4.78, 5) is 19.3. The maximum absolute atomic E-state index is 12.7. The van der Waals surface area contributed by atoms with Crippen LogP contribution < -0.4 is 5.73 Å². The van der Waals surface area contributed by atoms with Crippen molar-refractivity contribution >= 4 is 33.1 Å². The van der Waals surface area contributed by atoms with Gasteiger partial charge in [-0.25, -0.2) is 0 Å². The summed E-state index contributed by atoms with van der Waals surface area (Å²) in [6.45, 7) is 5.16. The molecule has 0 bridgehead atoms. The van der Waals surface area contributed by atoms with E-state index >= 15 is 0 Å². The molecule has 0 spiro atoms. The summed E-state index contributed by atoms with van der Waals surface area (Å²) in [7, 11) is 0. The maximum atomic E-state index is 12.7. The summed E-state index contributed by atoms with van der Waals surface area (Å²) >= 11 is 1.41. The van der Waals surface area contributed by atoms with Crippen molar-refractivity contribution in [1.82, 2.24) is 9.88 Å². The van der Waals surface area contributed by atoms with Crippen LogP contribution in [0.5, 0.6) is 0 Å². The fourth-order valence-electron chi connectivity index (χ4n) is 2.59. The first-order valence-corrected chi connectivity index (χ1v) is 7.45. The number of hydrogen-bond acceptors (Lipinski definition) is 5. The predicted molar refractivity (Wildman–Crippen MR) is 79.9 cm³/mol. The summed E-state index contributed by atoms with van der Waals surface area (Å²) in [5.41, 5.74) is 7.29. The summed E-state index contributed by atoms with van der Waals surface area (Å²) in [5, 5.41) is 0. The molecule has 1 fully saturated rings. The lowest BCUT2D eigenvalue weighted by molar-refractivity contribution is -0.0584. The molecule has 0 unspecified atom stereocenters. The zero-order valence-corrected chi connectivity index (χ0v) is 12.3. The van der Waals surface area contributed by atoms with Gasteiger partial charge in [0.25, 0.3) is 5.91 Å². The van der Waals surface area contributed by atoms with Crippen molar-refractivity contribution in [2.75, 3.05) is 18.8 Å². The molecule has 2 aromatic heterocycles.